The Morgan fingerprint density at radius 1 is 1.42 bits per heavy atom. The van der Waals surface area contributed by atoms with Crippen LogP contribution in [0, 0.1) is 0 Å². The van der Waals surface area contributed by atoms with Crippen molar-refractivity contribution in [3.05, 3.63) is 32.1 Å². The molecule has 0 bridgehead atoms. The van der Waals surface area contributed by atoms with Crippen molar-refractivity contribution in [2.75, 3.05) is 7.11 Å². The molecule has 1 aromatic carbocycles. The van der Waals surface area contributed by atoms with E-state index in [1.165, 1.54) is 12.1 Å². The molecule has 0 N–H and O–H groups in total. The van der Waals surface area contributed by atoms with Gasteiger partial charge in [-0.25, -0.2) is 4.79 Å². The molecule has 0 saturated carbocycles. The number of methoxy groups -OCH3 is 1. The van der Waals surface area contributed by atoms with Crippen LogP contribution in [0.25, 0.3) is 10.1 Å². The Balaban J connectivity index is 2.90. The van der Waals surface area contributed by atoms with Crippen molar-refractivity contribution in [2.45, 2.75) is 6.18 Å². The van der Waals surface area contributed by atoms with Gasteiger partial charge in [0.2, 0.25) is 0 Å². The van der Waals surface area contributed by atoms with Crippen LogP contribution in [0.2, 0.25) is 5.02 Å². The number of esters is 1. The first kappa shape index (κ1) is 14.6. The van der Waals surface area contributed by atoms with E-state index in [0.29, 0.717) is 9.17 Å². The Hall–Kier alpha value is -0.790. The van der Waals surface area contributed by atoms with Gasteiger partial charge in [0.25, 0.3) is 0 Å². The standard InChI is InChI=1S/C11H5BrClF3O2S/c1-18-10(17)9-7(11(14,15)16)5-2-4(13)3-6(12)8(5)19-9/h2-3H,1H3. The lowest BCUT2D eigenvalue weighted by molar-refractivity contribution is -0.136. The van der Waals surface area contributed by atoms with Gasteiger partial charge in [0.15, 0.2) is 0 Å². The van der Waals surface area contributed by atoms with Crippen molar-refractivity contribution in [3.8, 4) is 0 Å². The Morgan fingerprint density at radius 3 is 2.58 bits per heavy atom. The maximum atomic E-state index is 13.1. The topological polar surface area (TPSA) is 26.3 Å². The number of halogens is 5. The summed E-state index contributed by atoms with van der Waals surface area (Å²) in [7, 11) is 1.04. The molecule has 0 aliphatic heterocycles. The summed E-state index contributed by atoms with van der Waals surface area (Å²) in [6.07, 6.45) is -4.66. The van der Waals surface area contributed by atoms with Crippen molar-refractivity contribution in [2.24, 2.45) is 0 Å². The highest BCUT2D eigenvalue weighted by Crippen LogP contribution is 2.45. The quantitative estimate of drug-likeness (QED) is 0.648. The fourth-order valence-corrected chi connectivity index (χ4v) is 3.82. The number of alkyl halides is 3. The fourth-order valence-electron chi connectivity index (χ4n) is 1.64. The average molecular weight is 374 g/mol. The van der Waals surface area contributed by atoms with Crippen LogP contribution in [0.15, 0.2) is 16.6 Å². The van der Waals surface area contributed by atoms with Gasteiger partial charge in [0.05, 0.1) is 17.4 Å². The van der Waals surface area contributed by atoms with Crippen LogP contribution in [-0.2, 0) is 10.9 Å². The van der Waals surface area contributed by atoms with E-state index >= 15 is 0 Å². The number of carbonyl (C=O) groups is 1. The van der Waals surface area contributed by atoms with Crippen LogP contribution in [-0.4, -0.2) is 13.1 Å². The van der Waals surface area contributed by atoms with Gasteiger partial charge in [-0.2, -0.15) is 13.2 Å². The molecule has 8 heteroatoms. The third-order valence-corrected chi connectivity index (χ3v) is 4.69. The summed E-state index contributed by atoms with van der Waals surface area (Å²) >= 11 is 9.62. The number of ether oxygens (including phenoxy) is 1. The normalized spacial score (nSPS) is 11.9. The van der Waals surface area contributed by atoms with E-state index < -0.39 is 22.6 Å². The molecule has 1 heterocycles. The van der Waals surface area contributed by atoms with Crippen LogP contribution < -0.4 is 0 Å². The Bertz CT molecular complexity index is 666. The van der Waals surface area contributed by atoms with Gasteiger partial charge in [-0.1, -0.05) is 11.6 Å². The van der Waals surface area contributed by atoms with Crippen LogP contribution in [0.5, 0.6) is 0 Å². The summed E-state index contributed by atoms with van der Waals surface area (Å²) in [6, 6.07) is 2.66. The Kier molecular flexibility index (Phi) is 3.81. The molecular weight excluding hydrogens is 369 g/mol. The molecule has 0 saturated heterocycles. The number of carbonyl (C=O) groups excluding carboxylic acids is 1. The van der Waals surface area contributed by atoms with Crippen molar-refractivity contribution in [1.82, 2.24) is 0 Å². The monoisotopic (exact) mass is 372 g/mol. The number of fused-ring (bicyclic) bond motifs is 1. The third-order valence-electron chi connectivity index (χ3n) is 2.36. The van der Waals surface area contributed by atoms with Gasteiger partial charge in [-0.3, -0.25) is 0 Å². The molecule has 0 spiro atoms. The van der Waals surface area contributed by atoms with Crippen LogP contribution in [0.4, 0.5) is 13.2 Å². The van der Waals surface area contributed by atoms with E-state index in [-0.39, 0.29) is 10.4 Å². The van der Waals surface area contributed by atoms with E-state index in [1.807, 2.05) is 0 Å². The molecule has 1 aromatic heterocycles. The van der Waals surface area contributed by atoms with Crippen molar-refractivity contribution < 1.29 is 22.7 Å². The molecule has 0 aliphatic carbocycles. The molecule has 2 nitrogen and oxygen atoms in total. The van der Waals surface area contributed by atoms with Crippen LogP contribution >= 0.6 is 38.9 Å². The number of hydrogen-bond acceptors (Lipinski definition) is 3. The van der Waals surface area contributed by atoms with Crippen LogP contribution in [0.1, 0.15) is 15.2 Å². The molecule has 102 valence electrons. The van der Waals surface area contributed by atoms with E-state index in [1.54, 1.807) is 0 Å². The van der Waals surface area contributed by atoms with Gasteiger partial charge in [0.1, 0.15) is 4.88 Å². The lowest BCUT2D eigenvalue weighted by Gasteiger charge is -2.07. The average Bonchev–Trinajstić information content (AvgIpc) is 2.67. The maximum absolute atomic E-state index is 13.1. The van der Waals surface area contributed by atoms with Crippen LogP contribution in [0.3, 0.4) is 0 Å². The second kappa shape index (κ2) is 4.96. The summed E-state index contributed by atoms with van der Waals surface area (Å²) in [5, 5.41) is 0.0383. The molecule has 0 atom stereocenters. The van der Waals surface area contributed by atoms with Gasteiger partial charge in [-0.05, 0) is 28.1 Å². The maximum Gasteiger partial charge on any atom is 0.418 e. The van der Waals surface area contributed by atoms with Gasteiger partial charge in [0, 0.05) is 14.9 Å². The van der Waals surface area contributed by atoms with Gasteiger partial charge < -0.3 is 4.74 Å². The molecule has 0 fully saturated rings. The van der Waals surface area contributed by atoms with Crippen molar-refractivity contribution in [3.63, 3.8) is 0 Å². The first-order valence-electron chi connectivity index (χ1n) is 4.82. The third kappa shape index (κ3) is 2.59. The predicted octanol–water partition coefficient (Wildman–Crippen LogP) is 5.12. The first-order chi connectivity index (χ1) is 8.75. The van der Waals surface area contributed by atoms with E-state index in [0.717, 1.165) is 18.4 Å². The summed E-state index contributed by atoms with van der Waals surface area (Å²) in [4.78, 5) is 11.0. The fraction of sp³-hybridized carbons (Fsp3) is 0.182. The summed E-state index contributed by atoms with van der Waals surface area (Å²) in [5.41, 5.74) is -1.01. The first-order valence-corrected chi connectivity index (χ1v) is 6.81. The molecule has 0 aliphatic rings. The highest BCUT2D eigenvalue weighted by atomic mass is 79.9. The molecular formula is C11H5BrClF3O2S. The second-order valence-corrected chi connectivity index (χ2v) is 5.87. The van der Waals surface area contributed by atoms with Gasteiger partial charge >= 0.3 is 12.1 Å². The summed E-state index contributed by atoms with van der Waals surface area (Å²) in [6.45, 7) is 0. The van der Waals surface area contributed by atoms with E-state index in [4.69, 9.17) is 11.6 Å². The van der Waals surface area contributed by atoms with E-state index in [2.05, 4.69) is 20.7 Å². The number of thiophene rings is 1. The predicted molar refractivity (Wildman–Crippen MR) is 70.9 cm³/mol. The summed E-state index contributed by atoms with van der Waals surface area (Å²) in [5.74, 6) is -1.02. The highest BCUT2D eigenvalue weighted by Gasteiger charge is 2.40. The molecule has 0 unspecified atom stereocenters. The molecule has 0 radical (unpaired) electrons. The highest BCUT2D eigenvalue weighted by molar-refractivity contribution is 9.10. The zero-order valence-corrected chi connectivity index (χ0v) is 12.4. The zero-order chi connectivity index (χ0) is 14.4. The number of hydrogen-bond donors (Lipinski definition) is 0. The minimum Gasteiger partial charge on any atom is -0.465 e. The SMILES string of the molecule is COC(=O)c1sc2c(Br)cc(Cl)cc2c1C(F)(F)F. The van der Waals surface area contributed by atoms with Crippen molar-refractivity contribution in [1.29, 1.82) is 0 Å². The van der Waals surface area contributed by atoms with Crippen molar-refractivity contribution >= 4 is 54.9 Å². The Morgan fingerprint density at radius 2 is 2.05 bits per heavy atom. The van der Waals surface area contributed by atoms with E-state index in [9.17, 15) is 18.0 Å². The molecule has 19 heavy (non-hydrogen) atoms. The molecule has 2 rings (SSSR count). The lowest BCUT2D eigenvalue weighted by Crippen LogP contribution is -2.11. The number of benzene rings is 1. The molecule has 2 aromatic rings. The lowest BCUT2D eigenvalue weighted by atomic mass is 10.1. The largest absolute Gasteiger partial charge is 0.465 e. The minimum absolute atomic E-state index is 0.114. The number of rotatable bonds is 1. The molecule has 0 amide bonds. The second-order valence-electron chi connectivity index (χ2n) is 3.56. The summed E-state index contributed by atoms with van der Waals surface area (Å²) < 4.78 is 44.4. The Labute approximate surface area is 123 Å². The zero-order valence-electron chi connectivity index (χ0n) is 9.27. The minimum atomic E-state index is -4.66. The van der Waals surface area contributed by atoms with Gasteiger partial charge in [-0.15, -0.1) is 11.3 Å². The smallest absolute Gasteiger partial charge is 0.418 e.